The van der Waals surface area contributed by atoms with E-state index in [1.54, 1.807) is 0 Å². The molecule has 0 bridgehead atoms. The molecule has 0 saturated heterocycles. The smallest absolute Gasteiger partial charge is 0.155 e. The molecule has 7 atom stereocenters. The number of allylic oxidation sites excluding steroid dienone is 1. The zero-order valence-corrected chi connectivity index (χ0v) is 19.2. The summed E-state index contributed by atoms with van der Waals surface area (Å²) in [5, 5.41) is 0. The first-order valence-corrected chi connectivity index (χ1v) is 12.5. The molecule has 1 heteroatoms. The van der Waals surface area contributed by atoms with Gasteiger partial charge in [0, 0.05) is 6.42 Å². The number of hydrogen-bond acceptors (Lipinski definition) is 1. The fraction of sp³-hybridized carbons (Fsp3) is 0.889. The van der Waals surface area contributed by atoms with E-state index in [4.69, 9.17) is 0 Å². The average Bonchev–Trinajstić information content (AvgIpc) is 2.99. The van der Waals surface area contributed by atoms with Crippen molar-refractivity contribution in [3.8, 4) is 0 Å². The highest BCUT2D eigenvalue weighted by molar-refractivity contribution is 5.91. The van der Waals surface area contributed by atoms with Crippen molar-refractivity contribution in [2.45, 2.75) is 105 Å². The third kappa shape index (κ3) is 3.33. The molecular formula is C27H44O. The van der Waals surface area contributed by atoms with Gasteiger partial charge in [0.1, 0.15) is 0 Å². The maximum atomic E-state index is 12.0. The van der Waals surface area contributed by atoms with Gasteiger partial charge in [-0.1, -0.05) is 59.5 Å². The lowest BCUT2D eigenvalue weighted by Gasteiger charge is -2.58. The second kappa shape index (κ2) is 7.59. The fourth-order valence-electron chi connectivity index (χ4n) is 8.58. The third-order valence-electron chi connectivity index (χ3n) is 10.2. The van der Waals surface area contributed by atoms with Gasteiger partial charge < -0.3 is 0 Å². The molecule has 0 aromatic heterocycles. The van der Waals surface area contributed by atoms with Crippen molar-refractivity contribution in [2.24, 2.45) is 46.3 Å². The molecule has 0 aromatic carbocycles. The Morgan fingerprint density at radius 3 is 2.50 bits per heavy atom. The van der Waals surface area contributed by atoms with Crippen LogP contribution in [0.4, 0.5) is 0 Å². The summed E-state index contributed by atoms with van der Waals surface area (Å²) < 4.78 is 0. The molecule has 0 spiro atoms. The Morgan fingerprint density at radius 1 is 0.964 bits per heavy atom. The van der Waals surface area contributed by atoms with E-state index in [1.807, 2.05) is 0 Å². The maximum Gasteiger partial charge on any atom is 0.155 e. The highest BCUT2D eigenvalue weighted by Gasteiger charge is 2.59. The summed E-state index contributed by atoms with van der Waals surface area (Å²) in [4.78, 5) is 12.0. The molecule has 0 aromatic rings. The molecule has 0 radical (unpaired) electrons. The summed E-state index contributed by atoms with van der Waals surface area (Å²) in [6, 6.07) is 0. The molecule has 7 unspecified atom stereocenters. The van der Waals surface area contributed by atoms with E-state index in [-0.39, 0.29) is 0 Å². The van der Waals surface area contributed by atoms with Crippen LogP contribution < -0.4 is 0 Å². The Balaban J connectivity index is 1.49. The summed E-state index contributed by atoms with van der Waals surface area (Å²) in [6.07, 6.45) is 16.6. The second-order valence-corrected chi connectivity index (χ2v) is 12.0. The minimum absolute atomic E-state index is 0.332. The molecule has 28 heavy (non-hydrogen) atoms. The number of carbonyl (C=O) groups excluding carboxylic acids is 1. The fourth-order valence-corrected chi connectivity index (χ4v) is 8.58. The number of hydrogen-bond donors (Lipinski definition) is 0. The van der Waals surface area contributed by atoms with Crippen LogP contribution in [0.15, 0.2) is 11.6 Å². The molecule has 3 saturated carbocycles. The molecular weight excluding hydrogens is 342 g/mol. The Hall–Kier alpha value is -0.590. The minimum atomic E-state index is 0.332. The van der Waals surface area contributed by atoms with Gasteiger partial charge in [0.15, 0.2) is 5.78 Å². The van der Waals surface area contributed by atoms with Crippen molar-refractivity contribution in [3.63, 3.8) is 0 Å². The van der Waals surface area contributed by atoms with Crippen LogP contribution in [-0.4, -0.2) is 5.78 Å². The van der Waals surface area contributed by atoms with Gasteiger partial charge in [-0.25, -0.2) is 0 Å². The van der Waals surface area contributed by atoms with E-state index in [0.717, 1.165) is 48.3 Å². The second-order valence-electron chi connectivity index (χ2n) is 12.0. The van der Waals surface area contributed by atoms with E-state index in [2.05, 4.69) is 40.7 Å². The predicted molar refractivity (Wildman–Crippen MR) is 118 cm³/mol. The Kier molecular flexibility index (Phi) is 5.60. The normalized spacial score (nSPS) is 43.9. The lowest BCUT2D eigenvalue weighted by molar-refractivity contribution is -0.117. The maximum absolute atomic E-state index is 12.0. The van der Waals surface area contributed by atoms with Gasteiger partial charge in [0.05, 0.1) is 0 Å². The summed E-state index contributed by atoms with van der Waals surface area (Å²) in [5.74, 6) is 5.79. The molecule has 0 aliphatic heterocycles. The van der Waals surface area contributed by atoms with E-state index < -0.39 is 0 Å². The van der Waals surface area contributed by atoms with Crippen molar-refractivity contribution < 1.29 is 4.79 Å². The topological polar surface area (TPSA) is 17.1 Å². The summed E-state index contributed by atoms with van der Waals surface area (Å²) in [7, 11) is 0. The average molecular weight is 387 g/mol. The molecule has 0 amide bonds. The van der Waals surface area contributed by atoms with Gasteiger partial charge in [-0.15, -0.1) is 0 Å². The number of fused-ring (bicyclic) bond motifs is 5. The quantitative estimate of drug-likeness (QED) is 0.445. The van der Waals surface area contributed by atoms with Gasteiger partial charge in [0.25, 0.3) is 0 Å². The van der Waals surface area contributed by atoms with Gasteiger partial charge in [-0.3, -0.25) is 4.79 Å². The number of ketones is 1. The van der Waals surface area contributed by atoms with Crippen LogP contribution in [0.1, 0.15) is 105 Å². The van der Waals surface area contributed by atoms with E-state index in [9.17, 15) is 4.79 Å². The van der Waals surface area contributed by atoms with Crippen LogP contribution in [0.5, 0.6) is 0 Å². The minimum Gasteiger partial charge on any atom is -0.295 e. The monoisotopic (exact) mass is 386 g/mol. The molecule has 4 aliphatic rings. The van der Waals surface area contributed by atoms with Crippen molar-refractivity contribution in [3.05, 3.63) is 11.6 Å². The SMILES string of the molecule is CC(C)CCCC(C)C1CCC2C3CCC4=[13CH][13C](=O)CCC4(C)C3CCC12C. The van der Waals surface area contributed by atoms with Crippen LogP contribution in [-0.2, 0) is 4.79 Å². The van der Waals surface area contributed by atoms with Crippen molar-refractivity contribution in [2.75, 3.05) is 0 Å². The zero-order valence-electron chi connectivity index (χ0n) is 19.2. The molecule has 0 heterocycles. The number of rotatable bonds is 5. The first-order chi connectivity index (χ1) is 13.3. The highest BCUT2D eigenvalue weighted by Crippen LogP contribution is 2.67. The van der Waals surface area contributed by atoms with Gasteiger partial charge in [0.2, 0.25) is 0 Å². The van der Waals surface area contributed by atoms with E-state index in [1.165, 1.54) is 63.4 Å². The first kappa shape index (κ1) is 20.7. The van der Waals surface area contributed by atoms with Gasteiger partial charge >= 0.3 is 0 Å². The standard InChI is InChI=1S/C27H44O/c1-18(2)7-6-8-19(3)23-11-12-24-22-10-9-20-17-21(28)13-15-26(20,4)25(22)14-16-27(23,24)5/h17-19,22-25H,6-16H2,1-5H3/i17+1,21+1. The summed E-state index contributed by atoms with van der Waals surface area (Å²) >= 11 is 0. The Labute approximate surface area is 174 Å². The van der Waals surface area contributed by atoms with Crippen molar-refractivity contribution in [1.82, 2.24) is 0 Å². The van der Waals surface area contributed by atoms with Crippen molar-refractivity contribution >= 4 is 5.78 Å². The highest BCUT2D eigenvalue weighted by atomic mass is 16.2. The summed E-state index contributed by atoms with van der Waals surface area (Å²) in [6.45, 7) is 12.5. The van der Waals surface area contributed by atoms with Crippen LogP contribution in [0.25, 0.3) is 0 Å². The van der Waals surface area contributed by atoms with Crippen LogP contribution in [0.2, 0.25) is 0 Å². The first-order valence-electron chi connectivity index (χ1n) is 12.5. The Morgan fingerprint density at radius 2 is 1.75 bits per heavy atom. The van der Waals surface area contributed by atoms with Crippen LogP contribution in [0.3, 0.4) is 0 Å². The predicted octanol–water partition coefficient (Wildman–Crippen LogP) is 7.60. The lowest BCUT2D eigenvalue weighted by atomic mass is 9.47. The van der Waals surface area contributed by atoms with Gasteiger partial charge in [-0.05, 0) is 97.4 Å². The van der Waals surface area contributed by atoms with E-state index >= 15 is 0 Å². The van der Waals surface area contributed by atoms with Crippen LogP contribution >= 0.6 is 0 Å². The lowest BCUT2D eigenvalue weighted by Crippen LogP contribution is -2.50. The third-order valence-corrected chi connectivity index (χ3v) is 10.2. The van der Waals surface area contributed by atoms with Crippen LogP contribution in [0, 0.1) is 46.3 Å². The zero-order chi connectivity index (χ0) is 20.1. The summed E-state index contributed by atoms with van der Waals surface area (Å²) in [5.41, 5.74) is 2.43. The molecule has 3 fully saturated rings. The molecule has 4 rings (SSSR count). The molecule has 0 N–H and O–H groups in total. The molecule has 4 aliphatic carbocycles. The largest absolute Gasteiger partial charge is 0.295 e. The van der Waals surface area contributed by atoms with Gasteiger partial charge in [-0.2, -0.15) is 0 Å². The Bertz CT molecular complexity index is 630. The molecule has 1 nitrogen and oxygen atoms in total. The number of carbonyl (C=O) groups is 1. The van der Waals surface area contributed by atoms with Crippen molar-refractivity contribution in [1.29, 1.82) is 0 Å². The van der Waals surface area contributed by atoms with E-state index in [0.29, 0.717) is 16.6 Å². The molecule has 158 valence electrons.